The molecule has 1 aromatic heterocycles. The summed E-state index contributed by atoms with van der Waals surface area (Å²) in [6, 6.07) is 6.01. The van der Waals surface area contributed by atoms with E-state index in [4.69, 9.17) is 22.1 Å². The van der Waals surface area contributed by atoms with Gasteiger partial charge in [0.1, 0.15) is 10.6 Å². The molecule has 0 fully saturated rings. The molecule has 3 N–H and O–H groups in total. The predicted octanol–water partition coefficient (Wildman–Crippen LogP) is 2.13. The highest BCUT2D eigenvalue weighted by Crippen LogP contribution is 2.30. The number of pyridine rings is 1. The maximum atomic E-state index is 12.3. The van der Waals surface area contributed by atoms with Crippen molar-refractivity contribution in [3.63, 3.8) is 0 Å². The van der Waals surface area contributed by atoms with Gasteiger partial charge in [-0.15, -0.1) is 0 Å². The molecule has 0 saturated carbocycles. The Labute approximate surface area is 121 Å². The zero-order chi connectivity index (χ0) is 14.8. The fourth-order valence-electron chi connectivity index (χ4n) is 1.57. The molecule has 0 bridgehead atoms. The van der Waals surface area contributed by atoms with Gasteiger partial charge in [0.05, 0.1) is 18.5 Å². The third-order valence-electron chi connectivity index (χ3n) is 2.51. The van der Waals surface area contributed by atoms with Gasteiger partial charge >= 0.3 is 0 Å². The summed E-state index contributed by atoms with van der Waals surface area (Å²) in [7, 11) is -2.44. The Morgan fingerprint density at radius 3 is 2.75 bits per heavy atom. The van der Waals surface area contributed by atoms with E-state index < -0.39 is 10.0 Å². The van der Waals surface area contributed by atoms with E-state index in [2.05, 4.69) is 9.71 Å². The summed E-state index contributed by atoms with van der Waals surface area (Å²) in [5.41, 5.74) is 5.97. The average molecular weight is 314 g/mol. The van der Waals surface area contributed by atoms with E-state index in [0.717, 1.165) is 0 Å². The highest BCUT2D eigenvalue weighted by Gasteiger charge is 2.19. The van der Waals surface area contributed by atoms with Crippen molar-refractivity contribution >= 4 is 33.0 Å². The van der Waals surface area contributed by atoms with Crippen molar-refractivity contribution < 1.29 is 13.2 Å². The van der Waals surface area contributed by atoms with Gasteiger partial charge in [-0.05, 0) is 24.3 Å². The van der Waals surface area contributed by atoms with E-state index >= 15 is 0 Å². The largest absolute Gasteiger partial charge is 0.495 e. The lowest BCUT2D eigenvalue weighted by molar-refractivity contribution is 0.417. The summed E-state index contributed by atoms with van der Waals surface area (Å²) in [6.07, 6.45) is 2.59. The number of rotatable bonds is 4. The van der Waals surface area contributed by atoms with E-state index in [0.29, 0.717) is 10.8 Å². The number of nitrogens with two attached hydrogens (primary N) is 1. The van der Waals surface area contributed by atoms with Crippen LogP contribution >= 0.6 is 11.6 Å². The predicted molar refractivity (Wildman–Crippen MR) is 77.5 cm³/mol. The highest BCUT2D eigenvalue weighted by molar-refractivity contribution is 7.92. The summed E-state index contributed by atoms with van der Waals surface area (Å²) in [4.78, 5) is 3.65. The van der Waals surface area contributed by atoms with Gasteiger partial charge in [0.25, 0.3) is 10.0 Å². The van der Waals surface area contributed by atoms with Crippen LogP contribution in [0.5, 0.6) is 5.75 Å². The lowest BCUT2D eigenvalue weighted by Crippen LogP contribution is -2.15. The van der Waals surface area contributed by atoms with E-state index in [-0.39, 0.29) is 16.3 Å². The van der Waals surface area contributed by atoms with Gasteiger partial charge in [-0.1, -0.05) is 11.6 Å². The van der Waals surface area contributed by atoms with Crippen molar-refractivity contribution in [2.45, 2.75) is 4.90 Å². The first-order valence-electron chi connectivity index (χ1n) is 5.50. The SMILES string of the molecule is COc1ccc(Cl)cc1NS(=O)(=O)c1cnccc1N. The van der Waals surface area contributed by atoms with Crippen molar-refractivity contribution in [1.29, 1.82) is 0 Å². The molecule has 8 heteroatoms. The first-order valence-corrected chi connectivity index (χ1v) is 7.36. The lowest BCUT2D eigenvalue weighted by Gasteiger charge is -2.12. The summed E-state index contributed by atoms with van der Waals surface area (Å²) >= 11 is 5.85. The van der Waals surface area contributed by atoms with Gasteiger partial charge in [0.15, 0.2) is 0 Å². The molecule has 1 heterocycles. The van der Waals surface area contributed by atoms with Gasteiger partial charge in [0.2, 0.25) is 0 Å². The number of aromatic nitrogens is 1. The van der Waals surface area contributed by atoms with Gasteiger partial charge in [-0.3, -0.25) is 9.71 Å². The number of ether oxygens (including phenoxy) is 1. The van der Waals surface area contributed by atoms with Crippen LogP contribution in [0, 0.1) is 0 Å². The Morgan fingerprint density at radius 2 is 2.10 bits per heavy atom. The zero-order valence-corrected chi connectivity index (χ0v) is 12.1. The summed E-state index contributed by atoms with van der Waals surface area (Å²) in [5.74, 6) is 0.348. The molecule has 0 unspecified atom stereocenters. The van der Waals surface area contributed by atoms with Crippen molar-refractivity contribution in [3.8, 4) is 5.75 Å². The molecule has 2 aromatic rings. The Balaban J connectivity index is 2.44. The van der Waals surface area contributed by atoms with Crippen LogP contribution in [-0.4, -0.2) is 20.5 Å². The molecular formula is C12H12ClN3O3S. The molecule has 0 spiro atoms. The third kappa shape index (κ3) is 2.94. The number of hydrogen-bond acceptors (Lipinski definition) is 5. The minimum Gasteiger partial charge on any atom is -0.495 e. The van der Waals surface area contributed by atoms with Crippen LogP contribution in [0.25, 0.3) is 0 Å². The summed E-state index contributed by atoms with van der Waals surface area (Å²) in [6.45, 7) is 0. The highest BCUT2D eigenvalue weighted by atomic mass is 35.5. The van der Waals surface area contributed by atoms with Crippen LogP contribution < -0.4 is 15.2 Å². The van der Waals surface area contributed by atoms with Crippen LogP contribution in [0.3, 0.4) is 0 Å². The van der Waals surface area contributed by atoms with Crippen molar-refractivity contribution in [2.75, 3.05) is 17.6 Å². The van der Waals surface area contributed by atoms with Crippen LogP contribution in [0.2, 0.25) is 5.02 Å². The molecule has 0 saturated heterocycles. The number of nitrogens with zero attached hydrogens (tertiary/aromatic N) is 1. The minimum absolute atomic E-state index is 0.105. The Morgan fingerprint density at radius 1 is 1.35 bits per heavy atom. The minimum atomic E-state index is -3.87. The number of benzene rings is 1. The van der Waals surface area contributed by atoms with Crippen LogP contribution in [-0.2, 0) is 10.0 Å². The van der Waals surface area contributed by atoms with E-state index in [1.807, 2.05) is 0 Å². The number of nitrogens with one attached hydrogen (secondary N) is 1. The smallest absolute Gasteiger partial charge is 0.265 e. The van der Waals surface area contributed by atoms with Crippen molar-refractivity contribution in [2.24, 2.45) is 0 Å². The normalized spacial score (nSPS) is 11.1. The van der Waals surface area contributed by atoms with Gasteiger partial charge in [0, 0.05) is 17.4 Å². The van der Waals surface area contributed by atoms with Gasteiger partial charge < -0.3 is 10.5 Å². The maximum Gasteiger partial charge on any atom is 0.265 e. The number of anilines is 2. The summed E-state index contributed by atoms with van der Waals surface area (Å²) < 4.78 is 32.0. The first kappa shape index (κ1) is 14.4. The molecule has 0 radical (unpaired) electrons. The van der Waals surface area contributed by atoms with Crippen molar-refractivity contribution in [1.82, 2.24) is 4.98 Å². The van der Waals surface area contributed by atoms with Gasteiger partial charge in [-0.25, -0.2) is 8.42 Å². The second-order valence-electron chi connectivity index (χ2n) is 3.86. The van der Waals surface area contributed by atoms with Crippen LogP contribution in [0.1, 0.15) is 0 Å². The number of nitrogen functional groups attached to an aromatic ring is 1. The van der Waals surface area contributed by atoms with Gasteiger partial charge in [-0.2, -0.15) is 0 Å². The topological polar surface area (TPSA) is 94.3 Å². The molecule has 0 aliphatic heterocycles. The van der Waals surface area contributed by atoms with E-state index in [9.17, 15) is 8.42 Å². The molecule has 1 aromatic carbocycles. The van der Waals surface area contributed by atoms with Crippen LogP contribution in [0.15, 0.2) is 41.6 Å². The number of methoxy groups -OCH3 is 1. The number of sulfonamides is 1. The molecule has 0 aliphatic carbocycles. The lowest BCUT2D eigenvalue weighted by atomic mass is 10.3. The van der Waals surface area contributed by atoms with E-state index in [1.165, 1.54) is 31.6 Å². The quantitative estimate of drug-likeness (QED) is 0.901. The molecule has 106 valence electrons. The Hall–Kier alpha value is -1.99. The number of halogens is 1. The molecule has 6 nitrogen and oxygen atoms in total. The molecule has 0 atom stereocenters. The van der Waals surface area contributed by atoms with E-state index in [1.54, 1.807) is 12.1 Å². The molecule has 0 aliphatic rings. The fourth-order valence-corrected chi connectivity index (χ4v) is 2.88. The second-order valence-corrected chi connectivity index (χ2v) is 5.95. The summed E-state index contributed by atoms with van der Waals surface area (Å²) in [5, 5.41) is 0.377. The van der Waals surface area contributed by atoms with Crippen LogP contribution in [0.4, 0.5) is 11.4 Å². The first-order chi connectivity index (χ1) is 9.44. The van der Waals surface area contributed by atoms with Crippen molar-refractivity contribution in [3.05, 3.63) is 41.7 Å². The standard InChI is InChI=1S/C12H12ClN3O3S/c1-19-11-3-2-8(13)6-10(11)16-20(17,18)12-7-15-5-4-9(12)14/h2-7,16H,1H3,(H2,14,15). The maximum absolute atomic E-state index is 12.3. The molecule has 2 rings (SSSR count). The Bertz CT molecular complexity index is 734. The number of hydrogen-bond donors (Lipinski definition) is 2. The fraction of sp³-hybridized carbons (Fsp3) is 0.0833. The molecular weight excluding hydrogens is 302 g/mol. The third-order valence-corrected chi connectivity index (χ3v) is 4.16. The zero-order valence-electron chi connectivity index (χ0n) is 10.5. The monoisotopic (exact) mass is 313 g/mol. The Kier molecular flexibility index (Phi) is 4.01. The average Bonchev–Trinajstić information content (AvgIpc) is 2.39. The molecule has 20 heavy (non-hydrogen) atoms. The second kappa shape index (κ2) is 5.56. The molecule has 0 amide bonds.